The van der Waals surface area contributed by atoms with Crippen molar-refractivity contribution in [3.8, 4) is 11.8 Å². The number of hydrogen-bond acceptors (Lipinski definition) is 3. The van der Waals surface area contributed by atoms with E-state index < -0.39 is 11.9 Å². The van der Waals surface area contributed by atoms with Crippen molar-refractivity contribution < 1.29 is 14.7 Å². The van der Waals surface area contributed by atoms with E-state index in [-0.39, 0.29) is 16.2 Å². The second kappa shape index (κ2) is 8.65. The van der Waals surface area contributed by atoms with Crippen LogP contribution in [-0.2, 0) is 4.79 Å². The second-order valence-electron chi connectivity index (χ2n) is 5.91. The SMILES string of the molecule is N#C/C(=C/c1cccn1-c1ccc(C(=O)O)cc1)C(=O)Nc1ccc(Cl)c(Cl)c1. The monoisotopic (exact) mass is 425 g/mol. The first-order valence-corrected chi connectivity index (χ1v) is 9.04. The van der Waals surface area contributed by atoms with Crippen LogP contribution in [0.15, 0.2) is 66.4 Å². The second-order valence-corrected chi connectivity index (χ2v) is 6.72. The lowest BCUT2D eigenvalue weighted by Gasteiger charge is -2.08. The largest absolute Gasteiger partial charge is 0.478 e. The fourth-order valence-electron chi connectivity index (χ4n) is 2.58. The Morgan fingerprint density at radius 1 is 1.07 bits per heavy atom. The van der Waals surface area contributed by atoms with Gasteiger partial charge in [-0.1, -0.05) is 23.2 Å². The van der Waals surface area contributed by atoms with Gasteiger partial charge in [-0.15, -0.1) is 0 Å². The molecule has 3 rings (SSSR count). The quantitative estimate of drug-likeness (QED) is 0.442. The summed E-state index contributed by atoms with van der Waals surface area (Å²) in [7, 11) is 0. The van der Waals surface area contributed by atoms with Crippen LogP contribution in [0, 0.1) is 11.3 Å². The molecule has 6 nitrogen and oxygen atoms in total. The number of hydrogen-bond donors (Lipinski definition) is 2. The van der Waals surface area contributed by atoms with Crippen molar-refractivity contribution in [2.45, 2.75) is 0 Å². The van der Waals surface area contributed by atoms with E-state index in [2.05, 4.69) is 5.32 Å². The van der Waals surface area contributed by atoms with E-state index in [4.69, 9.17) is 28.3 Å². The average molecular weight is 426 g/mol. The standard InChI is InChI=1S/C21H13Cl2N3O3/c22-18-8-5-15(11-19(18)23)25-20(27)14(12-24)10-17-2-1-9-26(17)16-6-3-13(4-7-16)21(28)29/h1-11H,(H,25,27)(H,28,29)/b14-10-. The molecule has 0 unspecified atom stereocenters. The molecule has 0 fully saturated rings. The Bertz CT molecular complexity index is 1160. The number of carbonyl (C=O) groups excluding carboxylic acids is 1. The third kappa shape index (κ3) is 4.66. The predicted molar refractivity (Wildman–Crippen MR) is 111 cm³/mol. The molecule has 0 aliphatic carbocycles. The highest BCUT2D eigenvalue weighted by atomic mass is 35.5. The van der Waals surface area contributed by atoms with Gasteiger partial charge in [0.15, 0.2) is 0 Å². The van der Waals surface area contributed by atoms with Gasteiger partial charge in [0.25, 0.3) is 5.91 Å². The summed E-state index contributed by atoms with van der Waals surface area (Å²) in [5.41, 5.74) is 1.72. The number of carbonyl (C=O) groups is 2. The van der Waals surface area contributed by atoms with Gasteiger partial charge in [-0.25, -0.2) is 4.79 Å². The first-order valence-electron chi connectivity index (χ1n) is 8.28. The molecule has 0 atom stereocenters. The van der Waals surface area contributed by atoms with Crippen molar-refractivity contribution in [2.75, 3.05) is 5.32 Å². The van der Waals surface area contributed by atoms with Crippen LogP contribution in [-0.4, -0.2) is 21.6 Å². The third-order valence-corrected chi connectivity index (χ3v) is 4.75. The first kappa shape index (κ1) is 20.2. The fraction of sp³-hybridized carbons (Fsp3) is 0. The number of nitriles is 1. The Morgan fingerprint density at radius 2 is 1.79 bits per heavy atom. The van der Waals surface area contributed by atoms with Crippen LogP contribution in [0.1, 0.15) is 16.1 Å². The number of benzene rings is 2. The first-order chi connectivity index (χ1) is 13.9. The van der Waals surface area contributed by atoms with E-state index in [1.54, 1.807) is 47.2 Å². The highest BCUT2D eigenvalue weighted by molar-refractivity contribution is 6.42. The molecule has 3 aromatic rings. The fourth-order valence-corrected chi connectivity index (χ4v) is 2.88. The molecule has 1 heterocycles. The van der Waals surface area contributed by atoms with Gasteiger partial charge in [-0.05, 0) is 60.7 Å². The maximum Gasteiger partial charge on any atom is 0.335 e. The minimum atomic E-state index is -1.02. The highest BCUT2D eigenvalue weighted by Crippen LogP contribution is 2.25. The van der Waals surface area contributed by atoms with Crippen LogP contribution in [0.25, 0.3) is 11.8 Å². The maximum absolute atomic E-state index is 12.5. The van der Waals surface area contributed by atoms with Crippen LogP contribution < -0.4 is 5.32 Å². The summed E-state index contributed by atoms with van der Waals surface area (Å²) in [5.74, 6) is -1.62. The molecular weight excluding hydrogens is 413 g/mol. The summed E-state index contributed by atoms with van der Waals surface area (Å²) in [4.78, 5) is 23.5. The number of carboxylic acid groups (broad SMARTS) is 1. The predicted octanol–water partition coefficient (Wildman–Crippen LogP) is 5.03. The molecule has 1 aromatic heterocycles. The summed E-state index contributed by atoms with van der Waals surface area (Å²) < 4.78 is 1.73. The number of nitrogens with one attached hydrogen (secondary N) is 1. The number of nitrogens with zero attached hydrogens (tertiary/aromatic N) is 2. The lowest BCUT2D eigenvalue weighted by atomic mass is 10.2. The van der Waals surface area contributed by atoms with Crippen molar-refractivity contribution in [2.24, 2.45) is 0 Å². The zero-order chi connectivity index (χ0) is 21.0. The summed E-state index contributed by atoms with van der Waals surface area (Å²) >= 11 is 11.8. The molecule has 0 aliphatic heterocycles. The third-order valence-electron chi connectivity index (χ3n) is 4.01. The minimum absolute atomic E-state index is 0.113. The lowest BCUT2D eigenvalue weighted by molar-refractivity contribution is -0.112. The molecule has 29 heavy (non-hydrogen) atoms. The Labute approximate surface area is 176 Å². The Kier molecular flexibility index (Phi) is 6.03. The van der Waals surface area contributed by atoms with Crippen LogP contribution in [0.4, 0.5) is 5.69 Å². The van der Waals surface area contributed by atoms with Crippen LogP contribution >= 0.6 is 23.2 Å². The van der Waals surface area contributed by atoms with Gasteiger partial charge in [0.05, 0.1) is 15.6 Å². The molecule has 1 amide bonds. The minimum Gasteiger partial charge on any atom is -0.478 e. The van der Waals surface area contributed by atoms with Gasteiger partial charge in [0, 0.05) is 23.3 Å². The Balaban J connectivity index is 1.87. The highest BCUT2D eigenvalue weighted by Gasteiger charge is 2.12. The van der Waals surface area contributed by atoms with Gasteiger partial charge in [-0.3, -0.25) is 4.79 Å². The van der Waals surface area contributed by atoms with Gasteiger partial charge >= 0.3 is 5.97 Å². The normalized spacial score (nSPS) is 11.0. The lowest BCUT2D eigenvalue weighted by Crippen LogP contribution is -2.13. The van der Waals surface area contributed by atoms with Crippen molar-refractivity contribution in [1.82, 2.24) is 4.57 Å². The summed E-state index contributed by atoms with van der Waals surface area (Å²) in [6.45, 7) is 0. The summed E-state index contributed by atoms with van der Waals surface area (Å²) in [6.07, 6.45) is 3.19. The molecule has 0 spiro atoms. The molecular formula is C21H13Cl2N3O3. The number of halogens is 2. The topological polar surface area (TPSA) is 95.1 Å². The van der Waals surface area contributed by atoms with Crippen molar-refractivity contribution in [1.29, 1.82) is 5.26 Å². The zero-order valence-electron chi connectivity index (χ0n) is 14.8. The smallest absolute Gasteiger partial charge is 0.335 e. The molecule has 0 saturated carbocycles. The molecule has 144 valence electrons. The molecule has 2 aromatic carbocycles. The van der Waals surface area contributed by atoms with Crippen LogP contribution in [0.5, 0.6) is 0 Å². The van der Waals surface area contributed by atoms with E-state index in [0.717, 1.165) is 0 Å². The van der Waals surface area contributed by atoms with Crippen LogP contribution in [0.2, 0.25) is 10.0 Å². The molecule has 0 radical (unpaired) electrons. The number of carboxylic acids is 1. The number of anilines is 1. The van der Waals surface area contributed by atoms with Gasteiger partial charge in [0.1, 0.15) is 11.6 Å². The van der Waals surface area contributed by atoms with Crippen molar-refractivity contribution >= 4 is 46.8 Å². The molecule has 0 saturated heterocycles. The number of amides is 1. The van der Waals surface area contributed by atoms with E-state index in [0.29, 0.717) is 22.1 Å². The van der Waals surface area contributed by atoms with E-state index in [1.165, 1.54) is 24.3 Å². The molecule has 0 aliphatic rings. The van der Waals surface area contributed by atoms with Crippen molar-refractivity contribution in [3.63, 3.8) is 0 Å². The maximum atomic E-state index is 12.5. The zero-order valence-corrected chi connectivity index (χ0v) is 16.3. The Hall–Kier alpha value is -3.53. The van der Waals surface area contributed by atoms with E-state index in [1.807, 2.05) is 6.07 Å². The van der Waals surface area contributed by atoms with Gasteiger partial charge in [-0.2, -0.15) is 5.26 Å². The average Bonchev–Trinajstić information content (AvgIpc) is 3.17. The van der Waals surface area contributed by atoms with Gasteiger partial charge in [0.2, 0.25) is 0 Å². The molecule has 8 heteroatoms. The van der Waals surface area contributed by atoms with E-state index >= 15 is 0 Å². The summed E-state index contributed by atoms with van der Waals surface area (Å²) in [5, 5.41) is 21.7. The molecule has 0 bridgehead atoms. The van der Waals surface area contributed by atoms with E-state index in [9.17, 15) is 14.9 Å². The summed E-state index contributed by atoms with van der Waals surface area (Å²) in [6, 6.07) is 16.2. The van der Waals surface area contributed by atoms with Gasteiger partial charge < -0.3 is 15.0 Å². The number of aromatic carboxylic acids is 1. The van der Waals surface area contributed by atoms with Crippen molar-refractivity contribution in [3.05, 3.63) is 87.7 Å². The number of rotatable bonds is 5. The van der Waals surface area contributed by atoms with Crippen LogP contribution in [0.3, 0.4) is 0 Å². The Morgan fingerprint density at radius 3 is 2.41 bits per heavy atom. The molecule has 2 N–H and O–H groups in total. The number of aromatic nitrogens is 1.